The molecule has 7 unspecified atom stereocenters. The number of hydrogen-bond acceptors (Lipinski definition) is 47. The quantitative estimate of drug-likeness (QED) is 0.0236. The number of rotatable bonds is 41. The molecule has 7 fully saturated rings. The molecule has 144 heavy (non-hydrogen) atoms. The van der Waals surface area contributed by atoms with Gasteiger partial charge in [0, 0.05) is 111 Å². The zero-order valence-corrected chi connectivity index (χ0v) is 88.1. The fraction of sp³-hybridized carbons (Fsp3) is 0.583. The molecule has 0 aliphatic carbocycles. The van der Waals surface area contributed by atoms with Gasteiger partial charge in [-0.25, -0.2) is 53.9 Å². The minimum atomic E-state index is -4.80. The second-order valence-corrected chi connectivity index (χ2v) is 53.4. The zero-order valence-electron chi connectivity index (χ0n) is 76.1. The Morgan fingerprint density at radius 3 is 0.819 bits per heavy atom. The number of aryl methyl sites for hydroxylation is 5. The van der Waals surface area contributed by atoms with Crippen LogP contribution in [0.1, 0.15) is 130 Å². The van der Waals surface area contributed by atoms with Crippen molar-refractivity contribution in [2.75, 3.05) is 64.0 Å². The van der Waals surface area contributed by atoms with Crippen molar-refractivity contribution in [3.05, 3.63) is 178 Å². The number of nitrogens with two attached hydrogens (primary N) is 3. The molecule has 0 amide bonds. The number of nitrogens with one attached hydrogen (secondary N) is 4. The fourth-order valence-corrected chi connectivity index (χ4v) is 26.5. The lowest BCUT2D eigenvalue weighted by Gasteiger charge is -2.29. The summed E-state index contributed by atoms with van der Waals surface area (Å²) in [6.45, 7) is -27.3. The number of anilines is 3. The molecule has 0 radical (unpaired) electrons. The van der Waals surface area contributed by atoms with Crippen LogP contribution in [0.5, 0.6) is 0 Å². The Kier molecular flexibility index (Phi) is 34.0. The summed E-state index contributed by atoms with van der Waals surface area (Å²) in [6, 6.07) is 0. The van der Waals surface area contributed by atoms with Crippen LogP contribution in [0.15, 0.2) is 99.4 Å². The Morgan fingerprint density at radius 1 is 0.333 bits per heavy atom. The van der Waals surface area contributed by atoms with Gasteiger partial charge in [0.2, 0.25) is 0 Å². The predicted octanol–water partition coefficient (Wildman–Crippen LogP) is 0.795. The van der Waals surface area contributed by atoms with Crippen LogP contribution < -0.4 is 67.9 Å². The maximum absolute atomic E-state index is 13.6. The highest BCUT2D eigenvalue weighted by molar-refractivity contribution is 8.09. The van der Waals surface area contributed by atoms with E-state index in [9.17, 15) is 77.4 Å². The van der Waals surface area contributed by atoms with E-state index in [-0.39, 0.29) is 76.6 Å². The number of nitrogen functional groups attached to an aromatic ring is 3. The van der Waals surface area contributed by atoms with Crippen LogP contribution >= 0.6 is 47.0 Å². The van der Waals surface area contributed by atoms with Gasteiger partial charge in [0.25, 0.3) is 22.2 Å². The molecule has 0 spiro atoms. The lowest BCUT2D eigenvalue weighted by molar-refractivity contribution is -0.0581. The highest BCUT2D eigenvalue weighted by Crippen LogP contribution is 2.59. The van der Waals surface area contributed by atoms with Gasteiger partial charge in [0.15, 0.2) is 22.9 Å². The highest BCUT2D eigenvalue weighted by atomic mass is 32.5. The summed E-state index contributed by atoms with van der Waals surface area (Å²) in [5, 5.41) is 0. The van der Waals surface area contributed by atoms with Gasteiger partial charge in [-0.2, -0.15) is 4.98 Å². The topological polar surface area (TPSA) is 755 Å². The van der Waals surface area contributed by atoms with Gasteiger partial charge in [-0.1, -0.05) is 6.92 Å². The van der Waals surface area contributed by atoms with Crippen molar-refractivity contribution in [1.82, 2.24) is 86.8 Å². The lowest BCUT2D eigenvalue weighted by atomic mass is 10.1. The SMILES string of the molecule is CC[C@H]1O[C@@H](n2cnc3c(N)ncnc32)C[C@H]1OP(O)(=S)OC[C@H]1O[C@@H](n2cnc3c(N)ncnc32)C[C@H]1OP(O)(=S)OC[C@H]1O[C@@H](n2cc(C)c(=O)[nH]c2=O)C[C@H]1OP(O)(=S)OC[C@H]1O[C@@H](n2cc(C)c(=O)[nH]c2=O)C[C@H]1OP(O)(=S)OC[C@H]1O[C@@H](n2cc(C)c(=O)[nH]c2=O)C[C@H]1OP(O)(=S)OC[C@H]1O[C@@H](n2cc(C)c(=O)[nH]c2=O)C[C@H]1OP(O)(=S)OC[C@H]1O[C@@H](n2cc(C)c(N)nc2=O)C[C@H]1OP(O)(=S)OC. The second-order valence-electron chi connectivity index (χ2n) is 33.8. The van der Waals surface area contributed by atoms with Crippen molar-refractivity contribution in [2.24, 2.45) is 0 Å². The molecule has 28 atom stereocenters. The van der Waals surface area contributed by atoms with Crippen LogP contribution in [0, 0.1) is 34.6 Å². The normalized spacial score (nSPS) is 29.7. The van der Waals surface area contributed by atoms with Gasteiger partial charge in [-0.15, -0.1) is 0 Å². The lowest BCUT2D eigenvalue weighted by Crippen LogP contribution is -2.33. The maximum Gasteiger partial charge on any atom is 0.351 e. The van der Waals surface area contributed by atoms with E-state index >= 15 is 0 Å². The molecular weight excluding hydrogens is 2190 g/mol. The van der Waals surface area contributed by atoms with Gasteiger partial charge in [0.1, 0.15) is 110 Å². The first-order valence-corrected chi connectivity index (χ1v) is 61.5. The molecule has 9 aromatic heterocycles. The summed E-state index contributed by atoms with van der Waals surface area (Å²) < 4.78 is 136. The Bertz CT molecular complexity index is 7320. The van der Waals surface area contributed by atoms with E-state index in [1.165, 1.54) is 76.2 Å². The number of H-pyrrole nitrogens is 4. The van der Waals surface area contributed by atoms with E-state index in [0.717, 1.165) is 42.3 Å². The average Bonchev–Trinajstić information content (AvgIpc) is 1.63. The first-order valence-electron chi connectivity index (χ1n) is 43.4. The van der Waals surface area contributed by atoms with Gasteiger partial charge in [0.05, 0.1) is 101 Å². The molecule has 0 bridgehead atoms. The van der Waals surface area contributed by atoms with Crippen molar-refractivity contribution in [2.45, 2.75) is 222 Å². The first kappa shape index (κ1) is 110. The van der Waals surface area contributed by atoms with E-state index in [0.29, 0.717) is 23.1 Å². The molecule has 7 saturated heterocycles. The molecule has 16 rings (SSSR count). The molecule has 58 nitrogen and oxygen atoms in total. The maximum atomic E-state index is 13.6. The van der Waals surface area contributed by atoms with E-state index in [2.05, 4.69) is 54.8 Å². The van der Waals surface area contributed by atoms with Crippen LogP contribution in [0.4, 0.5) is 17.5 Å². The van der Waals surface area contributed by atoms with Gasteiger partial charge >= 0.3 is 75.5 Å². The number of imidazole rings is 2. The molecule has 72 heteroatoms. The Morgan fingerprint density at radius 2 is 0.562 bits per heavy atom. The number of ether oxygens (including phenoxy) is 7. The summed E-state index contributed by atoms with van der Waals surface area (Å²) in [5.41, 5.74) is 12.1. The summed E-state index contributed by atoms with van der Waals surface area (Å²) in [4.78, 5) is 239. The first-order chi connectivity index (χ1) is 67.8. The Hall–Kier alpha value is -6.47. The third-order valence-electron chi connectivity index (χ3n) is 23.9. The summed E-state index contributed by atoms with van der Waals surface area (Å²) in [5.74, 6) is 0.129. The molecule has 7 aliphatic heterocycles. The molecule has 9 aromatic rings. The van der Waals surface area contributed by atoms with Crippen LogP contribution in [-0.2, 0) is 179 Å². The van der Waals surface area contributed by atoms with Crippen molar-refractivity contribution >= 4 is 169 Å². The van der Waals surface area contributed by atoms with E-state index in [4.69, 9.17) is 196 Å². The number of aromatic nitrogens is 18. The largest absolute Gasteiger partial charge is 0.383 e. The molecule has 17 N–H and O–H groups in total. The predicted molar refractivity (Wildman–Crippen MR) is 524 cm³/mol. The fourth-order valence-electron chi connectivity index (χ4n) is 16.7. The van der Waals surface area contributed by atoms with Crippen LogP contribution in [-0.4, -0.2) is 253 Å². The summed E-state index contributed by atoms with van der Waals surface area (Å²) >= 11 is 38.8. The summed E-state index contributed by atoms with van der Waals surface area (Å²) in [7, 11) is 1.10. The molecule has 16 heterocycles. The average molecular weight is 2290 g/mol. The van der Waals surface area contributed by atoms with E-state index < -0.39 is 286 Å². The Labute approximate surface area is 845 Å². The number of nitrogens with zero attached hydrogens (tertiary/aromatic N) is 14. The number of fused-ring (bicyclic) bond motifs is 2. The monoisotopic (exact) mass is 2290 g/mol. The minimum absolute atomic E-state index is 0.0232. The van der Waals surface area contributed by atoms with Crippen molar-refractivity contribution in [3.63, 3.8) is 0 Å². The van der Waals surface area contributed by atoms with Crippen molar-refractivity contribution in [1.29, 1.82) is 0 Å². The Balaban J connectivity index is 0.603. The standard InChI is InChI=1S/C72H96N21O37P7S7/c1-8-36-37(9-55(117-36)92-29-80-57-60(74)76-27-78-62(57)92)125-132(104,139)111-26-49-43(15-56(123-49)93-30-81-58-61(75)77-28-79-63(58)93)130-137(109,144)116-25-48-42(14-54(122-48)91-20-35(6)67(97)86-72(91)102)129-136(108,143)115-24-47-41(13-53(121-47)90-19-34(5)66(96)85-71(90)101)128-135(107,142)114-23-46-40(12-52(120-46)89-18-33(4)65(95)84-70(89)100)127-134(106,141)113-22-45-39(11-51(119-45)88-17-32(3)64(94)83-69(88)99)126-133(105,140)112-21-44-38(124-131(103,138)110-7)10-50(118-44)87-16-31(2)59(73)82-68(87)98/h16-20,27-30,36-56H,8-15,21-26H2,1-7H3,(H,103,138)(H,104,139)(H,105,140)(H,106,141)(H,107,142)(H,108,143)(H,109,144)(H2,73,82,98)(H2,74,76,78)(H2,75,77,79)(H,83,94,99)(H,84,95,100)(H,85,96,101)(H,86,97,102)/t36-,37-,38-,39-,40-,41-,42-,43-,44-,45-,46-,47-,48-,49-,50-,51-,52-,53-,54-,55-,56-,131?,132?,133?,134?,135?,136?,137?/m1/s1. The number of hydrogen-bond donors (Lipinski definition) is 14. The van der Waals surface area contributed by atoms with Gasteiger partial charge < -0.3 is 148 Å². The third-order valence-corrected chi connectivity index (χ3v) is 35.1. The molecule has 0 saturated carbocycles. The van der Waals surface area contributed by atoms with Crippen LogP contribution in [0.2, 0.25) is 0 Å². The van der Waals surface area contributed by atoms with Crippen LogP contribution in [0.3, 0.4) is 0 Å². The minimum Gasteiger partial charge on any atom is -0.383 e. The van der Waals surface area contributed by atoms with Crippen molar-refractivity contribution in [3.8, 4) is 0 Å². The zero-order chi connectivity index (χ0) is 104. The highest BCUT2D eigenvalue weighted by Gasteiger charge is 2.52. The molecule has 0 aromatic carbocycles. The molecule has 7 aliphatic rings. The van der Waals surface area contributed by atoms with Gasteiger partial charge in [-0.3, -0.25) is 71.1 Å². The van der Waals surface area contributed by atoms with Gasteiger partial charge in [-0.05, 0) is 124 Å². The third kappa shape index (κ3) is 25.9. The van der Waals surface area contributed by atoms with Crippen molar-refractivity contribution < 1.29 is 131 Å². The van der Waals surface area contributed by atoms with E-state index in [1.54, 1.807) is 11.5 Å². The van der Waals surface area contributed by atoms with E-state index in [1.807, 2.05) is 6.92 Å². The summed E-state index contributed by atoms with van der Waals surface area (Å²) in [6.07, 6.45) is -17.0. The number of aromatic amines is 4. The van der Waals surface area contributed by atoms with Crippen LogP contribution in [0.25, 0.3) is 22.3 Å². The second kappa shape index (κ2) is 44.4. The molecular formula is C72H96N21O37P7S7. The molecule has 788 valence electrons. The smallest absolute Gasteiger partial charge is 0.351 e.